The Bertz CT molecular complexity index is 984. The molecule has 8 heteroatoms. The molecule has 1 aliphatic heterocycles. The maximum Gasteiger partial charge on any atom is 0.265 e. The number of nitrogens with one attached hydrogen (secondary N) is 2. The summed E-state index contributed by atoms with van der Waals surface area (Å²) in [6, 6.07) is 12.9. The third-order valence-corrected chi connectivity index (χ3v) is 5.00. The van der Waals surface area contributed by atoms with Crippen molar-refractivity contribution < 1.29 is 19.1 Å². The minimum atomic E-state index is -0.533. The first-order chi connectivity index (χ1) is 13.1. The molecular weight excluding hydrogens is 366 g/mol. The highest BCUT2D eigenvalue weighted by Crippen LogP contribution is 2.32. The maximum atomic E-state index is 12.1. The van der Waals surface area contributed by atoms with Crippen LogP contribution in [0.2, 0.25) is 0 Å². The van der Waals surface area contributed by atoms with E-state index in [1.807, 2.05) is 24.3 Å². The fraction of sp³-hybridized carbons (Fsp3) is 0.211. The quantitative estimate of drug-likeness (QED) is 0.706. The topological polar surface area (TPSA) is 89.6 Å². The van der Waals surface area contributed by atoms with E-state index in [2.05, 4.69) is 15.6 Å². The van der Waals surface area contributed by atoms with Crippen LogP contribution < -0.4 is 15.4 Å². The Morgan fingerprint density at radius 1 is 1.33 bits per heavy atom. The largest absolute Gasteiger partial charge is 0.479 e. The summed E-state index contributed by atoms with van der Waals surface area (Å²) < 4.78 is 12.0. The fourth-order valence-electron chi connectivity index (χ4n) is 2.70. The molecule has 0 fully saturated rings. The van der Waals surface area contributed by atoms with Crippen LogP contribution in [0, 0.1) is 0 Å². The molecule has 138 valence electrons. The lowest BCUT2D eigenvalue weighted by molar-refractivity contribution is -0.122. The van der Waals surface area contributed by atoms with Gasteiger partial charge in [-0.05, 0) is 37.3 Å². The van der Waals surface area contributed by atoms with Gasteiger partial charge in [-0.3, -0.25) is 9.59 Å². The van der Waals surface area contributed by atoms with Crippen LogP contribution in [0.1, 0.15) is 11.9 Å². The minimum Gasteiger partial charge on any atom is -0.479 e. The highest BCUT2D eigenvalue weighted by atomic mass is 32.1. The molecule has 27 heavy (non-hydrogen) atoms. The third-order valence-electron chi connectivity index (χ3n) is 3.99. The van der Waals surface area contributed by atoms with Crippen molar-refractivity contribution in [2.75, 3.05) is 17.2 Å². The zero-order valence-corrected chi connectivity index (χ0v) is 15.3. The molecule has 0 bridgehead atoms. The standard InChI is InChI=1S/C19H17N3O4S/c1-11-19(24)22-14-8-12(6-7-15(14)26-11)20-17(23)9-25-10-18-21-13-4-2-3-5-16(13)27-18/h2-8,11H,9-10H2,1H3,(H,20,23)(H,22,24)/t11-/m1/s1. The van der Waals surface area contributed by atoms with Crippen molar-refractivity contribution in [2.24, 2.45) is 0 Å². The van der Waals surface area contributed by atoms with Gasteiger partial charge in [0, 0.05) is 5.69 Å². The van der Waals surface area contributed by atoms with Crippen LogP contribution in [0.5, 0.6) is 5.75 Å². The zero-order chi connectivity index (χ0) is 18.8. The molecule has 2 heterocycles. The number of thiazole rings is 1. The fourth-order valence-corrected chi connectivity index (χ4v) is 3.60. The van der Waals surface area contributed by atoms with Gasteiger partial charge in [0.25, 0.3) is 5.91 Å². The van der Waals surface area contributed by atoms with Gasteiger partial charge < -0.3 is 20.1 Å². The van der Waals surface area contributed by atoms with Gasteiger partial charge in [-0.15, -0.1) is 11.3 Å². The van der Waals surface area contributed by atoms with Gasteiger partial charge in [0.05, 0.1) is 22.5 Å². The van der Waals surface area contributed by atoms with E-state index < -0.39 is 6.10 Å². The maximum absolute atomic E-state index is 12.1. The summed E-state index contributed by atoms with van der Waals surface area (Å²) in [5.74, 6) is 0.0739. The smallest absolute Gasteiger partial charge is 0.265 e. The van der Waals surface area contributed by atoms with Gasteiger partial charge in [-0.25, -0.2) is 4.98 Å². The first-order valence-electron chi connectivity index (χ1n) is 8.42. The number of hydrogen-bond donors (Lipinski definition) is 2. The molecule has 0 saturated carbocycles. The van der Waals surface area contributed by atoms with E-state index in [0.717, 1.165) is 15.2 Å². The summed E-state index contributed by atoms with van der Waals surface area (Å²) in [7, 11) is 0. The number of benzene rings is 2. The Morgan fingerprint density at radius 2 is 2.19 bits per heavy atom. The van der Waals surface area contributed by atoms with Crippen molar-refractivity contribution in [3.05, 3.63) is 47.5 Å². The van der Waals surface area contributed by atoms with E-state index in [0.29, 0.717) is 17.1 Å². The number of amides is 2. The normalized spacial score (nSPS) is 15.7. The van der Waals surface area contributed by atoms with Crippen LogP contribution in [0.3, 0.4) is 0 Å². The van der Waals surface area contributed by atoms with Crippen LogP contribution in [0.25, 0.3) is 10.2 Å². The molecule has 0 aliphatic carbocycles. The number of nitrogens with zero attached hydrogens (tertiary/aromatic N) is 1. The molecule has 7 nitrogen and oxygen atoms in total. The lowest BCUT2D eigenvalue weighted by Crippen LogP contribution is -2.34. The average molecular weight is 383 g/mol. The summed E-state index contributed by atoms with van der Waals surface area (Å²) in [6.07, 6.45) is -0.533. The van der Waals surface area contributed by atoms with Gasteiger partial charge >= 0.3 is 0 Å². The van der Waals surface area contributed by atoms with Crippen LogP contribution in [-0.4, -0.2) is 29.5 Å². The summed E-state index contributed by atoms with van der Waals surface area (Å²) in [5, 5.41) is 6.32. The Hall–Kier alpha value is -2.97. The highest BCUT2D eigenvalue weighted by molar-refractivity contribution is 7.18. The molecular formula is C19H17N3O4S. The lowest BCUT2D eigenvalue weighted by atomic mass is 10.2. The van der Waals surface area contributed by atoms with Crippen molar-refractivity contribution in [3.63, 3.8) is 0 Å². The molecule has 1 atom stereocenters. The summed E-state index contributed by atoms with van der Waals surface area (Å²) in [4.78, 5) is 28.2. The van der Waals surface area contributed by atoms with Crippen molar-refractivity contribution in [1.29, 1.82) is 0 Å². The van der Waals surface area contributed by atoms with E-state index in [9.17, 15) is 9.59 Å². The number of hydrogen-bond acceptors (Lipinski definition) is 6. The summed E-state index contributed by atoms with van der Waals surface area (Å²) in [6.45, 7) is 1.86. The number of rotatable bonds is 5. The molecule has 4 rings (SSSR count). The van der Waals surface area contributed by atoms with E-state index in [1.54, 1.807) is 36.5 Å². The van der Waals surface area contributed by atoms with Crippen molar-refractivity contribution >= 4 is 44.7 Å². The molecule has 0 unspecified atom stereocenters. The highest BCUT2D eigenvalue weighted by Gasteiger charge is 2.23. The second-order valence-electron chi connectivity index (χ2n) is 6.08. The van der Waals surface area contributed by atoms with Crippen LogP contribution in [0.4, 0.5) is 11.4 Å². The van der Waals surface area contributed by atoms with E-state index >= 15 is 0 Å². The number of carbonyl (C=O) groups is 2. The van der Waals surface area contributed by atoms with Gasteiger partial charge in [0.1, 0.15) is 17.4 Å². The van der Waals surface area contributed by atoms with Gasteiger partial charge in [-0.1, -0.05) is 12.1 Å². The predicted molar refractivity (Wildman–Crippen MR) is 103 cm³/mol. The molecule has 0 spiro atoms. The van der Waals surface area contributed by atoms with Crippen molar-refractivity contribution in [1.82, 2.24) is 4.98 Å². The molecule has 3 aromatic rings. The third kappa shape index (κ3) is 3.91. The number of ether oxygens (including phenoxy) is 2. The summed E-state index contributed by atoms with van der Waals surface area (Å²) >= 11 is 1.55. The van der Waals surface area contributed by atoms with E-state index in [-0.39, 0.29) is 25.0 Å². The second kappa shape index (κ2) is 7.34. The number of carbonyl (C=O) groups excluding carboxylic acids is 2. The number of fused-ring (bicyclic) bond motifs is 2. The molecule has 2 aromatic carbocycles. The second-order valence-corrected chi connectivity index (χ2v) is 7.19. The zero-order valence-electron chi connectivity index (χ0n) is 14.5. The lowest BCUT2D eigenvalue weighted by Gasteiger charge is -2.23. The first kappa shape index (κ1) is 17.4. The Morgan fingerprint density at radius 3 is 3.04 bits per heavy atom. The molecule has 1 aliphatic rings. The van der Waals surface area contributed by atoms with Crippen LogP contribution in [-0.2, 0) is 20.9 Å². The van der Waals surface area contributed by atoms with Crippen molar-refractivity contribution in [2.45, 2.75) is 19.6 Å². The number of aromatic nitrogens is 1. The Labute approximate surface area is 159 Å². The monoisotopic (exact) mass is 383 g/mol. The predicted octanol–water partition coefficient (Wildman–Crippen LogP) is 3.17. The number of para-hydroxylation sites is 1. The van der Waals surface area contributed by atoms with Crippen LogP contribution in [0.15, 0.2) is 42.5 Å². The molecule has 1 aromatic heterocycles. The Kier molecular flexibility index (Phi) is 4.74. The van der Waals surface area contributed by atoms with Crippen molar-refractivity contribution in [3.8, 4) is 5.75 Å². The van der Waals surface area contributed by atoms with E-state index in [1.165, 1.54) is 0 Å². The number of anilines is 2. The van der Waals surface area contributed by atoms with E-state index in [4.69, 9.17) is 9.47 Å². The molecule has 2 amide bonds. The molecule has 0 saturated heterocycles. The first-order valence-corrected chi connectivity index (χ1v) is 9.24. The van der Waals surface area contributed by atoms with Crippen LogP contribution >= 0.6 is 11.3 Å². The Balaban J connectivity index is 1.31. The average Bonchev–Trinajstić information content (AvgIpc) is 3.05. The molecule has 0 radical (unpaired) electrons. The van der Waals surface area contributed by atoms with Gasteiger partial charge in [0.2, 0.25) is 5.91 Å². The van der Waals surface area contributed by atoms with Gasteiger partial charge in [-0.2, -0.15) is 0 Å². The minimum absolute atomic E-state index is 0.0904. The van der Waals surface area contributed by atoms with Gasteiger partial charge in [0.15, 0.2) is 6.10 Å². The summed E-state index contributed by atoms with van der Waals surface area (Å²) in [5.41, 5.74) is 2.02. The molecule has 2 N–H and O–H groups in total. The SMILES string of the molecule is C[C@H]1Oc2ccc(NC(=O)COCc3nc4ccccc4s3)cc2NC1=O.